The minimum absolute atomic E-state index is 0.0433. The van der Waals surface area contributed by atoms with Gasteiger partial charge >= 0.3 is 0 Å². The standard InChI is InChI=1S/C12H14BrN3S/c13-8-5-9(17-7-8)6-12(16-15)10-3-1-2-4-11(10)14/h1-5,7,12,16H,6,14-15H2. The molecule has 0 fully saturated rings. The molecule has 5 heteroatoms. The molecule has 90 valence electrons. The summed E-state index contributed by atoms with van der Waals surface area (Å²) in [5.74, 6) is 5.62. The summed E-state index contributed by atoms with van der Waals surface area (Å²) in [6.45, 7) is 0. The van der Waals surface area contributed by atoms with Crippen LogP contribution in [0.1, 0.15) is 16.5 Å². The van der Waals surface area contributed by atoms with Gasteiger partial charge in [0.05, 0.1) is 6.04 Å². The van der Waals surface area contributed by atoms with Crippen LogP contribution in [0.15, 0.2) is 40.2 Å². The number of benzene rings is 1. The molecule has 2 aromatic rings. The molecule has 1 aromatic carbocycles. The second-order valence-corrected chi connectivity index (χ2v) is 5.69. The lowest BCUT2D eigenvalue weighted by Gasteiger charge is -2.17. The summed E-state index contributed by atoms with van der Waals surface area (Å²) in [6.07, 6.45) is 0.834. The maximum atomic E-state index is 5.95. The Kier molecular flexibility index (Phi) is 4.17. The van der Waals surface area contributed by atoms with Crippen LogP contribution in [-0.2, 0) is 6.42 Å². The molecule has 0 radical (unpaired) electrons. The van der Waals surface area contributed by atoms with Crippen LogP contribution in [0, 0.1) is 0 Å². The monoisotopic (exact) mass is 311 g/mol. The summed E-state index contributed by atoms with van der Waals surface area (Å²) in [6, 6.07) is 9.94. The van der Waals surface area contributed by atoms with Gasteiger partial charge in [0.25, 0.3) is 0 Å². The van der Waals surface area contributed by atoms with Crippen molar-refractivity contribution in [2.24, 2.45) is 5.84 Å². The Morgan fingerprint density at radius 1 is 1.35 bits per heavy atom. The van der Waals surface area contributed by atoms with Crippen molar-refractivity contribution in [1.82, 2.24) is 5.43 Å². The maximum Gasteiger partial charge on any atom is 0.0528 e. The normalized spacial score (nSPS) is 12.6. The summed E-state index contributed by atoms with van der Waals surface area (Å²) >= 11 is 5.16. The number of thiophene rings is 1. The molecule has 1 atom stereocenters. The summed E-state index contributed by atoms with van der Waals surface area (Å²) < 4.78 is 1.11. The van der Waals surface area contributed by atoms with Gasteiger partial charge in [0, 0.05) is 26.8 Å². The van der Waals surface area contributed by atoms with Crippen LogP contribution < -0.4 is 17.0 Å². The molecule has 17 heavy (non-hydrogen) atoms. The van der Waals surface area contributed by atoms with Crippen LogP contribution >= 0.6 is 27.3 Å². The summed E-state index contributed by atoms with van der Waals surface area (Å²) in [4.78, 5) is 1.27. The quantitative estimate of drug-likeness (QED) is 0.462. The lowest BCUT2D eigenvalue weighted by molar-refractivity contribution is 0.557. The molecule has 2 rings (SSSR count). The summed E-state index contributed by atoms with van der Waals surface area (Å²) in [5, 5.41) is 2.07. The predicted molar refractivity (Wildman–Crippen MR) is 76.6 cm³/mol. The fourth-order valence-electron chi connectivity index (χ4n) is 1.75. The van der Waals surface area contributed by atoms with Crippen molar-refractivity contribution < 1.29 is 0 Å². The smallest absolute Gasteiger partial charge is 0.0528 e. The molecule has 0 saturated heterocycles. The first-order valence-electron chi connectivity index (χ1n) is 5.24. The van der Waals surface area contributed by atoms with Gasteiger partial charge in [-0.05, 0) is 33.6 Å². The molecule has 0 spiro atoms. The summed E-state index contributed by atoms with van der Waals surface area (Å²) in [7, 11) is 0. The largest absolute Gasteiger partial charge is 0.398 e. The van der Waals surface area contributed by atoms with Crippen LogP contribution in [0.5, 0.6) is 0 Å². The third-order valence-corrected chi connectivity index (χ3v) is 4.32. The van der Waals surface area contributed by atoms with E-state index in [1.807, 2.05) is 24.3 Å². The average molecular weight is 312 g/mol. The van der Waals surface area contributed by atoms with E-state index in [9.17, 15) is 0 Å². The number of para-hydroxylation sites is 1. The highest BCUT2D eigenvalue weighted by Gasteiger charge is 2.14. The molecule has 1 unspecified atom stereocenters. The first-order chi connectivity index (χ1) is 8.20. The Bertz CT molecular complexity index is 498. The predicted octanol–water partition coefficient (Wildman–Crippen LogP) is 2.84. The van der Waals surface area contributed by atoms with Gasteiger partial charge in [-0.15, -0.1) is 11.3 Å². The number of rotatable bonds is 4. The molecule has 0 aliphatic heterocycles. The average Bonchev–Trinajstić information content (AvgIpc) is 2.73. The zero-order valence-corrected chi connectivity index (χ0v) is 11.6. The van der Waals surface area contributed by atoms with E-state index in [2.05, 4.69) is 32.8 Å². The van der Waals surface area contributed by atoms with Crippen molar-refractivity contribution in [2.45, 2.75) is 12.5 Å². The fraction of sp³-hybridized carbons (Fsp3) is 0.167. The molecular formula is C12H14BrN3S. The van der Waals surface area contributed by atoms with Crippen LogP contribution in [0.2, 0.25) is 0 Å². The topological polar surface area (TPSA) is 64.1 Å². The van der Waals surface area contributed by atoms with Crippen LogP contribution in [0.4, 0.5) is 5.69 Å². The molecular weight excluding hydrogens is 298 g/mol. The summed E-state index contributed by atoms with van der Waals surface area (Å²) in [5.41, 5.74) is 10.6. The van der Waals surface area contributed by atoms with Gasteiger partial charge < -0.3 is 5.73 Å². The second kappa shape index (κ2) is 5.64. The Morgan fingerprint density at radius 3 is 2.71 bits per heavy atom. The molecule has 0 bridgehead atoms. The number of anilines is 1. The second-order valence-electron chi connectivity index (χ2n) is 3.78. The van der Waals surface area contributed by atoms with Crippen LogP contribution in [0.25, 0.3) is 0 Å². The molecule has 0 saturated carbocycles. The highest BCUT2D eigenvalue weighted by Crippen LogP contribution is 2.27. The van der Waals surface area contributed by atoms with Crippen molar-refractivity contribution in [3.8, 4) is 0 Å². The number of halogens is 1. The Hall–Kier alpha value is -0.880. The number of hydrazine groups is 1. The third-order valence-electron chi connectivity index (χ3n) is 2.60. The number of nitrogen functional groups attached to an aromatic ring is 1. The lowest BCUT2D eigenvalue weighted by Crippen LogP contribution is -2.29. The molecule has 0 aliphatic carbocycles. The number of nitrogens with one attached hydrogen (secondary N) is 1. The Morgan fingerprint density at radius 2 is 2.12 bits per heavy atom. The maximum absolute atomic E-state index is 5.95. The number of nitrogens with two attached hydrogens (primary N) is 2. The van der Waals surface area contributed by atoms with Gasteiger partial charge in [-0.25, -0.2) is 0 Å². The SMILES string of the molecule is NNC(Cc1cc(Br)cs1)c1ccccc1N. The molecule has 0 aliphatic rings. The molecule has 1 heterocycles. The van der Waals surface area contributed by atoms with Crippen molar-refractivity contribution in [1.29, 1.82) is 0 Å². The van der Waals surface area contributed by atoms with E-state index in [1.165, 1.54) is 4.88 Å². The van der Waals surface area contributed by atoms with Gasteiger partial charge in [0.1, 0.15) is 0 Å². The van der Waals surface area contributed by atoms with Crippen LogP contribution in [0.3, 0.4) is 0 Å². The van der Waals surface area contributed by atoms with E-state index in [0.29, 0.717) is 0 Å². The van der Waals surface area contributed by atoms with E-state index in [1.54, 1.807) is 11.3 Å². The van der Waals surface area contributed by atoms with Crippen molar-refractivity contribution in [3.05, 3.63) is 50.6 Å². The molecule has 3 nitrogen and oxygen atoms in total. The van der Waals surface area contributed by atoms with E-state index in [0.717, 1.165) is 22.1 Å². The molecule has 5 N–H and O–H groups in total. The van der Waals surface area contributed by atoms with E-state index >= 15 is 0 Å². The third kappa shape index (κ3) is 3.07. The van der Waals surface area contributed by atoms with Gasteiger partial charge in [-0.3, -0.25) is 11.3 Å². The van der Waals surface area contributed by atoms with Gasteiger partial charge in [0.15, 0.2) is 0 Å². The zero-order chi connectivity index (χ0) is 12.3. The zero-order valence-electron chi connectivity index (χ0n) is 9.19. The molecule has 0 amide bonds. The number of hydrogen-bond acceptors (Lipinski definition) is 4. The first-order valence-corrected chi connectivity index (χ1v) is 6.91. The highest BCUT2D eigenvalue weighted by atomic mass is 79.9. The van der Waals surface area contributed by atoms with Gasteiger partial charge in [0.2, 0.25) is 0 Å². The minimum atomic E-state index is 0.0433. The first kappa shape index (κ1) is 12.6. The van der Waals surface area contributed by atoms with Crippen LogP contribution in [-0.4, -0.2) is 0 Å². The molecule has 1 aromatic heterocycles. The lowest BCUT2D eigenvalue weighted by atomic mass is 10.0. The fourth-order valence-corrected chi connectivity index (χ4v) is 3.25. The van der Waals surface area contributed by atoms with Crippen molar-refractivity contribution in [3.63, 3.8) is 0 Å². The van der Waals surface area contributed by atoms with Gasteiger partial charge in [-0.1, -0.05) is 18.2 Å². The van der Waals surface area contributed by atoms with Crippen molar-refractivity contribution in [2.75, 3.05) is 5.73 Å². The van der Waals surface area contributed by atoms with E-state index < -0.39 is 0 Å². The Labute approximate surface area is 113 Å². The minimum Gasteiger partial charge on any atom is -0.398 e. The van der Waals surface area contributed by atoms with E-state index in [-0.39, 0.29) is 6.04 Å². The highest BCUT2D eigenvalue weighted by molar-refractivity contribution is 9.10. The number of hydrogen-bond donors (Lipinski definition) is 3. The van der Waals surface area contributed by atoms with Crippen molar-refractivity contribution >= 4 is 33.0 Å². The van der Waals surface area contributed by atoms with E-state index in [4.69, 9.17) is 11.6 Å². The Balaban J connectivity index is 2.20. The van der Waals surface area contributed by atoms with Gasteiger partial charge in [-0.2, -0.15) is 0 Å².